The molecule has 5 heteroatoms. The third-order valence-electron chi connectivity index (χ3n) is 2.63. The number of urea groups is 1. The molecule has 0 saturated heterocycles. The van der Waals surface area contributed by atoms with Crippen molar-refractivity contribution in [1.82, 2.24) is 5.32 Å². The van der Waals surface area contributed by atoms with Crippen molar-refractivity contribution in [2.45, 2.75) is 20.3 Å². The maximum atomic E-state index is 11.7. The SMILES string of the molecule is Cc1ccc(C)c(NC(=O)NCCCOCCO)c1. The number of carbonyl (C=O) groups is 1. The van der Waals surface area contributed by atoms with Crippen molar-refractivity contribution in [3.63, 3.8) is 0 Å². The van der Waals surface area contributed by atoms with Crippen molar-refractivity contribution in [3.05, 3.63) is 29.3 Å². The molecule has 1 rings (SSSR count). The summed E-state index contributed by atoms with van der Waals surface area (Å²) in [6.07, 6.45) is 0.722. The van der Waals surface area contributed by atoms with E-state index < -0.39 is 0 Å². The van der Waals surface area contributed by atoms with Gasteiger partial charge in [-0.05, 0) is 37.5 Å². The predicted octanol–water partition coefficient (Wildman–Crippen LogP) is 1.82. The van der Waals surface area contributed by atoms with Gasteiger partial charge in [-0.1, -0.05) is 12.1 Å². The third kappa shape index (κ3) is 6.22. The third-order valence-corrected chi connectivity index (χ3v) is 2.63. The minimum absolute atomic E-state index is 0.0283. The first-order valence-corrected chi connectivity index (χ1v) is 6.44. The highest BCUT2D eigenvalue weighted by atomic mass is 16.5. The number of nitrogens with one attached hydrogen (secondary N) is 2. The molecule has 0 aliphatic rings. The molecule has 3 N–H and O–H groups in total. The Balaban J connectivity index is 2.25. The summed E-state index contributed by atoms with van der Waals surface area (Å²) in [5, 5.41) is 14.1. The van der Waals surface area contributed by atoms with Gasteiger partial charge in [0.15, 0.2) is 0 Å². The van der Waals surface area contributed by atoms with Gasteiger partial charge in [0.2, 0.25) is 0 Å². The predicted molar refractivity (Wildman–Crippen MR) is 75.5 cm³/mol. The Bertz CT molecular complexity index is 408. The zero-order valence-corrected chi connectivity index (χ0v) is 11.5. The van der Waals surface area contributed by atoms with E-state index in [9.17, 15) is 4.79 Å². The summed E-state index contributed by atoms with van der Waals surface area (Å²) in [5.41, 5.74) is 2.97. The monoisotopic (exact) mass is 266 g/mol. The molecule has 0 radical (unpaired) electrons. The Morgan fingerprint density at radius 3 is 2.84 bits per heavy atom. The van der Waals surface area contributed by atoms with Crippen LogP contribution >= 0.6 is 0 Å². The molecule has 106 valence electrons. The molecule has 0 aliphatic heterocycles. The van der Waals surface area contributed by atoms with Crippen molar-refractivity contribution in [2.24, 2.45) is 0 Å². The van der Waals surface area contributed by atoms with Crippen LogP contribution in [0.3, 0.4) is 0 Å². The molecule has 0 unspecified atom stereocenters. The number of carbonyl (C=O) groups excluding carboxylic acids is 1. The van der Waals surface area contributed by atoms with Crippen LogP contribution in [0.2, 0.25) is 0 Å². The van der Waals surface area contributed by atoms with Crippen LogP contribution in [0, 0.1) is 13.8 Å². The number of hydrogen-bond donors (Lipinski definition) is 3. The smallest absolute Gasteiger partial charge is 0.319 e. The maximum Gasteiger partial charge on any atom is 0.319 e. The number of aliphatic hydroxyl groups is 1. The summed E-state index contributed by atoms with van der Waals surface area (Å²) in [4.78, 5) is 11.7. The van der Waals surface area contributed by atoms with Gasteiger partial charge in [-0.25, -0.2) is 4.79 Å². The van der Waals surface area contributed by atoms with E-state index in [2.05, 4.69) is 10.6 Å². The largest absolute Gasteiger partial charge is 0.394 e. The quantitative estimate of drug-likeness (QED) is 0.659. The summed E-state index contributed by atoms with van der Waals surface area (Å²) in [5.74, 6) is 0. The molecule has 0 bridgehead atoms. The van der Waals surface area contributed by atoms with Gasteiger partial charge in [-0.15, -0.1) is 0 Å². The first-order chi connectivity index (χ1) is 9.13. The number of aryl methyl sites for hydroxylation is 2. The summed E-state index contributed by atoms with van der Waals surface area (Å²) >= 11 is 0. The number of anilines is 1. The zero-order valence-electron chi connectivity index (χ0n) is 11.5. The van der Waals surface area contributed by atoms with E-state index in [1.165, 1.54) is 0 Å². The van der Waals surface area contributed by atoms with E-state index in [1.54, 1.807) is 0 Å². The van der Waals surface area contributed by atoms with Gasteiger partial charge >= 0.3 is 6.03 Å². The summed E-state index contributed by atoms with van der Waals surface area (Å²) in [6, 6.07) is 5.72. The van der Waals surface area contributed by atoms with Gasteiger partial charge in [0.05, 0.1) is 13.2 Å². The molecule has 5 nitrogen and oxygen atoms in total. The Morgan fingerprint density at radius 2 is 2.11 bits per heavy atom. The number of ether oxygens (including phenoxy) is 1. The van der Waals surface area contributed by atoms with Crippen LogP contribution in [0.1, 0.15) is 17.5 Å². The van der Waals surface area contributed by atoms with Crippen molar-refractivity contribution >= 4 is 11.7 Å². The van der Waals surface area contributed by atoms with E-state index in [1.807, 2.05) is 32.0 Å². The van der Waals surface area contributed by atoms with Gasteiger partial charge in [-0.3, -0.25) is 0 Å². The molecule has 19 heavy (non-hydrogen) atoms. The second-order valence-corrected chi connectivity index (χ2v) is 4.39. The standard InChI is InChI=1S/C14H22N2O3/c1-11-4-5-12(2)13(10-11)16-14(18)15-6-3-8-19-9-7-17/h4-5,10,17H,3,6-9H2,1-2H3,(H2,15,16,18). The number of benzene rings is 1. The van der Waals surface area contributed by atoms with Crippen LogP contribution in [0.4, 0.5) is 10.5 Å². The lowest BCUT2D eigenvalue weighted by molar-refractivity contribution is 0.0910. The number of aliphatic hydroxyl groups excluding tert-OH is 1. The number of hydrogen-bond acceptors (Lipinski definition) is 3. The second kappa shape index (κ2) is 8.50. The molecule has 0 saturated carbocycles. The summed E-state index contributed by atoms with van der Waals surface area (Å²) in [6.45, 7) is 5.39. The lowest BCUT2D eigenvalue weighted by Crippen LogP contribution is -2.30. The van der Waals surface area contributed by atoms with E-state index in [-0.39, 0.29) is 12.6 Å². The van der Waals surface area contributed by atoms with Gasteiger partial charge < -0.3 is 20.5 Å². The number of rotatable bonds is 7. The number of amides is 2. The van der Waals surface area contributed by atoms with Crippen LogP contribution in [-0.2, 0) is 4.74 Å². The molecule has 0 atom stereocenters. The molecule has 1 aromatic rings. The van der Waals surface area contributed by atoms with Crippen molar-refractivity contribution in [1.29, 1.82) is 0 Å². The summed E-state index contributed by atoms with van der Waals surface area (Å²) < 4.78 is 5.10. The minimum atomic E-state index is -0.212. The van der Waals surface area contributed by atoms with Crippen LogP contribution in [0.5, 0.6) is 0 Å². The van der Waals surface area contributed by atoms with E-state index in [4.69, 9.17) is 9.84 Å². The lowest BCUT2D eigenvalue weighted by atomic mass is 10.1. The molecule has 0 aromatic heterocycles. The fourth-order valence-electron chi connectivity index (χ4n) is 1.58. The topological polar surface area (TPSA) is 70.6 Å². The van der Waals surface area contributed by atoms with Gasteiger partial charge in [0, 0.05) is 18.8 Å². The molecule has 1 aromatic carbocycles. The Labute approximate surface area is 114 Å². The maximum absolute atomic E-state index is 11.7. The lowest BCUT2D eigenvalue weighted by Gasteiger charge is -2.10. The van der Waals surface area contributed by atoms with Crippen LogP contribution in [0.25, 0.3) is 0 Å². The normalized spacial score (nSPS) is 10.3. The van der Waals surface area contributed by atoms with Crippen molar-refractivity contribution < 1.29 is 14.6 Å². The molecule has 2 amide bonds. The van der Waals surface area contributed by atoms with E-state index in [0.717, 1.165) is 23.2 Å². The fraction of sp³-hybridized carbons (Fsp3) is 0.500. The highest BCUT2D eigenvalue weighted by molar-refractivity contribution is 5.90. The van der Waals surface area contributed by atoms with Crippen molar-refractivity contribution in [2.75, 3.05) is 31.7 Å². The average Bonchev–Trinajstić information content (AvgIpc) is 2.38. The van der Waals surface area contributed by atoms with Gasteiger partial charge in [0.25, 0.3) is 0 Å². The minimum Gasteiger partial charge on any atom is -0.394 e. The molecule has 0 aliphatic carbocycles. The molecular formula is C14H22N2O3. The molecule has 0 fully saturated rings. The van der Waals surface area contributed by atoms with Crippen LogP contribution < -0.4 is 10.6 Å². The fourth-order valence-corrected chi connectivity index (χ4v) is 1.58. The van der Waals surface area contributed by atoms with E-state index >= 15 is 0 Å². The van der Waals surface area contributed by atoms with Crippen LogP contribution in [-0.4, -0.2) is 37.5 Å². The van der Waals surface area contributed by atoms with E-state index in [0.29, 0.717) is 19.8 Å². The Hall–Kier alpha value is -1.59. The van der Waals surface area contributed by atoms with Gasteiger partial charge in [0.1, 0.15) is 0 Å². The first-order valence-electron chi connectivity index (χ1n) is 6.44. The first kappa shape index (κ1) is 15.5. The highest BCUT2D eigenvalue weighted by Gasteiger charge is 2.03. The molecule has 0 heterocycles. The zero-order chi connectivity index (χ0) is 14.1. The van der Waals surface area contributed by atoms with Gasteiger partial charge in [-0.2, -0.15) is 0 Å². The molecule has 0 spiro atoms. The Kier molecular flexibility index (Phi) is 6.92. The van der Waals surface area contributed by atoms with Crippen LogP contribution in [0.15, 0.2) is 18.2 Å². The second-order valence-electron chi connectivity index (χ2n) is 4.39. The Morgan fingerprint density at radius 1 is 1.32 bits per heavy atom. The highest BCUT2D eigenvalue weighted by Crippen LogP contribution is 2.15. The molecular weight excluding hydrogens is 244 g/mol. The average molecular weight is 266 g/mol. The van der Waals surface area contributed by atoms with Crippen molar-refractivity contribution in [3.8, 4) is 0 Å². The summed E-state index contributed by atoms with van der Waals surface area (Å²) in [7, 11) is 0.